The van der Waals surface area contributed by atoms with Crippen molar-refractivity contribution in [2.45, 2.75) is 12.3 Å². The molecule has 1 aromatic heterocycles. The highest BCUT2D eigenvalue weighted by atomic mass is 19.4. The van der Waals surface area contributed by atoms with Gasteiger partial charge in [0.05, 0.1) is 23.3 Å². The first-order chi connectivity index (χ1) is 16.7. The summed E-state index contributed by atoms with van der Waals surface area (Å²) < 4.78 is 59.5. The van der Waals surface area contributed by atoms with Crippen molar-refractivity contribution in [2.24, 2.45) is 0 Å². The number of halogens is 4. The van der Waals surface area contributed by atoms with Gasteiger partial charge in [-0.25, -0.2) is 9.37 Å². The maximum atomic E-state index is 13.8. The number of H-pyrrole nitrogens is 1. The van der Waals surface area contributed by atoms with E-state index in [0.29, 0.717) is 23.0 Å². The zero-order chi connectivity index (χ0) is 25.2. The lowest BCUT2D eigenvalue weighted by molar-refractivity contribution is -0.137. The number of aromatic amines is 1. The molecular weight excluding hydrogens is 470 g/mol. The molecule has 35 heavy (non-hydrogen) atoms. The van der Waals surface area contributed by atoms with Gasteiger partial charge in [-0.05, 0) is 42.5 Å². The van der Waals surface area contributed by atoms with Gasteiger partial charge in [-0.15, -0.1) is 0 Å². The Morgan fingerprint density at radius 2 is 1.89 bits per heavy atom. The summed E-state index contributed by atoms with van der Waals surface area (Å²) in [6, 6.07) is 12.9. The van der Waals surface area contributed by atoms with Crippen LogP contribution in [0.15, 0.2) is 60.7 Å². The highest BCUT2D eigenvalue weighted by molar-refractivity contribution is 6.11. The Hall–Kier alpha value is -3.96. The second-order valence-electron chi connectivity index (χ2n) is 7.60. The van der Waals surface area contributed by atoms with E-state index < -0.39 is 41.7 Å². The Kier molecular flexibility index (Phi) is 6.72. The second-order valence-corrected chi connectivity index (χ2v) is 7.60. The van der Waals surface area contributed by atoms with Gasteiger partial charge < -0.3 is 25.3 Å². The molecule has 0 radical (unpaired) electrons. The molecule has 0 aliphatic rings. The number of nitrogens with zero attached hydrogens (tertiary/aromatic N) is 1. The fraction of sp³-hybridized carbons (Fsp3) is 0.167. The van der Waals surface area contributed by atoms with Crippen LogP contribution in [-0.4, -0.2) is 45.4 Å². The van der Waals surface area contributed by atoms with Crippen molar-refractivity contribution in [3.8, 4) is 17.1 Å². The maximum absolute atomic E-state index is 13.8. The summed E-state index contributed by atoms with van der Waals surface area (Å²) in [5.74, 6) is -1.34. The fourth-order valence-corrected chi connectivity index (χ4v) is 3.41. The molecule has 4 aromatic rings. The Morgan fingerprint density at radius 3 is 2.63 bits per heavy atom. The molecule has 0 saturated carbocycles. The van der Waals surface area contributed by atoms with Gasteiger partial charge in [0.25, 0.3) is 5.91 Å². The number of nitrogens with one attached hydrogen (secondary N) is 2. The molecule has 1 amide bonds. The van der Waals surface area contributed by atoms with Crippen LogP contribution in [0, 0.1) is 5.82 Å². The Labute approximate surface area is 196 Å². The van der Waals surface area contributed by atoms with Gasteiger partial charge in [0.15, 0.2) is 0 Å². The van der Waals surface area contributed by atoms with Gasteiger partial charge in [0, 0.05) is 17.3 Å². The third-order valence-electron chi connectivity index (χ3n) is 5.04. The quantitative estimate of drug-likeness (QED) is 0.289. The molecule has 0 spiro atoms. The molecule has 4 rings (SSSR count). The number of para-hydroxylation sites is 1. The summed E-state index contributed by atoms with van der Waals surface area (Å²) in [4.78, 5) is 19.9. The second kappa shape index (κ2) is 9.72. The minimum absolute atomic E-state index is 0.0805. The number of imidazole rings is 1. The third-order valence-corrected chi connectivity index (χ3v) is 5.04. The molecule has 3 aromatic carbocycles. The van der Waals surface area contributed by atoms with Crippen LogP contribution in [0.4, 0.5) is 23.2 Å². The Morgan fingerprint density at radius 1 is 1.11 bits per heavy atom. The van der Waals surface area contributed by atoms with Crippen LogP contribution in [0.1, 0.15) is 15.9 Å². The van der Waals surface area contributed by atoms with Crippen LogP contribution in [0.2, 0.25) is 0 Å². The SMILES string of the molecule is O=C(Nc1cccc(OCC(O)CO)c1)c1cccc2[nH]c(-c3cc(F)ccc3C(F)(F)F)nc12. The molecule has 1 atom stereocenters. The molecule has 0 aliphatic carbocycles. The predicted octanol–water partition coefficient (Wildman–Crippen LogP) is 4.37. The van der Waals surface area contributed by atoms with Crippen LogP contribution in [-0.2, 0) is 6.18 Å². The standard InChI is InChI=1S/C24H19F4N3O4/c25-13-7-8-19(24(26,27)28)18(9-13)22-30-20-6-2-5-17(21(20)31-22)23(34)29-14-3-1-4-16(10-14)35-12-15(33)11-32/h1-10,15,32-33H,11-12H2,(H,29,34)(H,30,31). The lowest BCUT2D eigenvalue weighted by atomic mass is 10.1. The molecule has 4 N–H and O–H groups in total. The summed E-state index contributed by atoms with van der Waals surface area (Å²) in [5, 5.41) is 20.9. The molecule has 1 unspecified atom stereocenters. The number of carbonyl (C=O) groups is 1. The van der Waals surface area contributed by atoms with E-state index in [2.05, 4.69) is 15.3 Å². The van der Waals surface area contributed by atoms with Crippen molar-refractivity contribution in [1.82, 2.24) is 9.97 Å². The Balaban J connectivity index is 1.64. The highest BCUT2D eigenvalue weighted by Crippen LogP contribution is 2.37. The van der Waals surface area contributed by atoms with Gasteiger partial charge in [0.1, 0.15) is 35.6 Å². The van der Waals surface area contributed by atoms with E-state index in [1.807, 2.05) is 0 Å². The van der Waals surface area contributed by atoms with E-state index in [-0.39, 0.29) is 23.5 Å². The number of hydrogen-bond donors (Lipinski definition) is 4. The van der Waals surface area contributed by atoms with Crippen molar-refractivity contribution in [3.05, 3.63) is 77.6 Å². The molecule has 182 valence electrons. The zero-order valence-electron chi connectivity index (χ0n) is 17.9. The van der Waals surface area contributed by atoms with Crippen LogP contribution >= 0.6 is 0 Å². The number of alkyl halides is 3. The fourth-order valence-electron chi connectivity index (χ4n) is 3.41. The monoisotopic (exact) mass is 489 g/mol. The Bertz CT molecular complexity index is 1370. The van der Waals surface area contributed by atoms with Gasteiger partial charge >= 0.3 is 6.18 Å². The molecule has 11 heteroatoms. The van der Waals surface area contributed by atoms with E-state index >= 15 is 0 Å². The normalized spacial score (nSPS) is 12.5. The topological polar surface area (TPSA) is 107 Å². The van der Waals surface area contributed by atoms with Crippen molar-refractivity contribution >= 4 is 22.6 Å². The highest BCUT2D eigenvalue weighted by Gasteiger charge is 2.34. The first kappa shape index (κ1) is 24.2. The van der Waals surface area contributed by atoms with Gasteiger partial charge in [0.2, 0.25) is 0 Å². The first-order valence-corrected chi connectivity index (χ1v) is 10.3. The van der Waals surface area contributed by atoms with Gasteiger partial charge in [-0.3, -0.25) is 4.79 Å². The van der Waals surface area contributed by atoms with Crippen molar-refractivity contribution in [3.63, 3.8) is 0 Å². The number of anilines is 1. The number of amides is 1. The van der Waals surface area contributed by atoms with E-state index in [1.165, 1.54) is 24.3 Å². The summed E-state index contributed by atoms with van der Waals surface area (Å²) in [7, 11) is 0. The van der Waals surface area contributed by atoms with Crippen molar-refractivity contribution in [1.29, 1.82) is 0 Å². The maximum Gasteiger partial charge on any atom is 0.417 e. The number of carbonyl (C=O) groups excluding carboxylic acids is 1. The number of ether oxygens (including phenoxy) is 1. The van der Waals surface area contributed by atoms with E-state index in [4.69, 9.17) is 9.84 Å². The molecule has 7 nitrogen and oxygen atoms in total. The van der Waals surface area contributed by atoms with Crippen LogP contribution < -0.4 is 10.1 Å². The van der Waals surface area contributed by atoms with E-state index in [1.54, 1.807) is 18.2 Å². The number of fused-ring (bicyclic) bond motifs is 1. The molecule has 0 fully saturated rings. The minimum Gasteiger partial charge on any atom is -0.491 e. The number of hydrogen-bond acceptors (Lipinski definition) is 5. The number of aliphatic hydroxyl groups is 2. The smallest absolute Gasteiger partial charge is 0.417 e. The molecule has 1 heterocycles. The molecular formula is C24H19F4N3O4. The summed E-state index contributed by atoms with van der Waals surface area (Å²) in [5.41, 5.74) is -0.710. The molecule has 0 bridgehead atoms. The average Bonchev–Trinajstić information content (AvgIpc) is 3.26. The van der Waals surface area contributed by atoms with E-state index in [9.17, 15) is 27.5 Å². The summed E-state index contributed by atoms with van der Waals surface area (Å²) in [6.45, 7) is -0.616. The molecule has 0 aliphatic heterocycles. The minimum atomic E-state index is -4.73. The zero-order valence-corrected chi connectivity index (χ0v) is 17.9. The van der Waals surface area contributed by atoms with Crippen LogP contribution in [0.25, 0.3) is 22.4 Å². The molecule has 0 saturated heterocycles. The van der Waals surface area contributed by atoms with Gasteiger partial charge in [-0.1, -0.05) is 12.1 Å². The van der Waals surface area contributed by atoms with Crippen LogP contribution in [0.5, 0.6) is 5.75 Å². The first-order valence-electron chi connectivity index (χ1n) is 10.3. The number of rotatable bonds is 7. The predicted molar refractivity (Wildman–Crippen MR) is 119 cm³/mol. The summed E-state index contributed by atoms with van der Waals surface area (Å²) in [6.07, 6.45) is -5.79. The lowest BCUT2D eigenvalue weighted by Gasteiger charge is -2.11. The van der Waals surface area contributed by atoms with Crippen molar-refractivity contribution < 1.29 is 37.3 Å². The van der Waals surface area contributed by atoms with Gasteiger partial charge in [-0.2, -0.15) is 13.2 Å². The van der Waals surface area contributed by atoms with Crippen molar-refractivity contribution in [2.75, 3.05) is 18.5 Å². The number of benzene rings is 3. The average molecular weight is 489 g/mol. The number of aromatic nitrogens is 2. The van der Waals surface area contributed by atoms with Crippen LogP contribution in [0.3, 0.4) is 0 Å². The largest absolute Gasteiger partial charge is 0.491 e. The lowest BCUT2D eigenvalue weighted by Crippen LogP contribution is -2.21. The number of aliphatic hydroxyl groups excluding tert-OH is 2. The summed E-state index contributed by atoms with van der Waals surface area (Å²) >= 11 is 0. The third kappa shape index (κ3) is 5.42. The van der Waals surface area contributed by atoms with E-state index in [0.717, 1.165) is 12.1 Å².